The first-order chi connectivity index (χ1) is 9.90. The van der Waals surface area contributed by atoms with E-state index in [2.05, 4.69) is 9.97 Å². The van der Waals surface area contributed by atoms with E-state index in [-0.39, 0.29) is 16.6 Å². The van der Waals surface area contributed by atoms with Crippen molar-refractivity contribution in [1.82, 2.24) is 9.97 Å². The Morgan fingerprint density at radius 3 is 2.71 bits per heavy atom. The molecular weight excluding hydrogens is 290 g/mol. The van der Waals surface area contributed by atoms with Crippen LogP contribution in [0.5, 0.6) is 5.75 Å². The van der Waals surface area contributed by atoms with Crippen molar-refractivity contribution in [2.45, 2.75) is 6.92 Å². The molecule has 0 bridgehead atoms. The first kappa shape index (κ1) is 13.7. The van der Waals surface area contributed by atoms with E-state index in [0.29, 0.717) is 27.3 Å². The van der Waals surface area contributed by atoms with Gasteiger partial charge in [-0.05, 0) is 19.1 Å². The summed E-state index contributed by atoms with van der Waals surface area (Å²) in [7, 11) is 3.65. The normalized spacial score (nSPS) is 11.2. The molecule has 2 N–H and O–H groups in total. The molecule has 0 unspecified atom stereocenters. The molecule has 0 amide bonds. The maximum atomic E-state index is 12.6. The summed E-state index contributed by atoms with van der Waals surface area (Å²) in [5.74, 6) is -0.135. The second-order valence-corrected chi connectivity index (χ2v) is 5.58. The largest absolute Gasteiger partial charge is 0.507 e. The second kappa shape index (κ2) is 4.63. The van der Waals surface area contributed by atoms with E-state index in [9.17, 15) is 9.90 Å². The Morgan fingerprint density at radius 1 is 1.33 bits per heavy atom. The molecule has 3 rings (SSSR count). The highest BCUT2D eigenvalue weighted by atomic mass is 35.5. The maximum absolute atomic E-state index is 12.6. The highest BCUT2D eigenvalue weighted by Crippen LogP contribution is 2.36. The van der Waals surface area contributed by atoms with Crippen molar-refractivity contribution in [3.8, 4) is 5.75 Å². The van der Waals surface area contributed by atoms with Crippen molar-refractivity contribution in [3.63, 3.8) is 0 Å². The molecule has 0 radical (unpaired) electrons. The van der Waals surface area contributed by atoms with Crippen molar-refractivity contribution in [1.29, 1.82) is 0 Å². The van der Waals surface area contributed by atoms with E-state index in [1.54, 1.807) is 17.0 Å². The number of H-pyrrole nitrogens is 1. The number of halogens is 1. The Bertz CT molecular complexity index is 932. The molecule has 0 fully saturated rings. The van der Waals surface area contributed by atoms with Gasteiger partial charge in [0.2, 0.25) is 5.43 Å². The molecule has 0 aliphatic carbocycles. The first-order valence-electron chi connectivity index (χ1n) is 6.42. The van der Waals surface area contributed by atoms with E-state index in [4.69, 9.17) is 11.6 Å². The van der Waals surface area contributed by atoms with Gasteiger partial charge in [0, 0.05) is 25.9 Å². The predicted molar refractivity (Wildman–Crippen MR) is 85.6 cm³/mol. The number of aryl methyl sites for hydroxylation is 1. The van der Waals surface area contributed by atoms with Crippen LogP contribution >= 0.6 is 11.6 Å². The van der Waals surface area contributed by atoms with Crippen molar-refractivity contribution in [2.75, 3.05) is 19.0 Å². The smallest absolute Gasteiger partial charge is 0.202 e. The molecule has 6 heteroatoms. The molecule has 0 spiro atoms. The number of aromatic nitrogens is 2. The summed E-state index contributed by atoms with van der Waals surface area (Å²) in [6, 6.07) is 4.87. The average Bonchev–Trinajstić information content (AvgIpc) is 2.36. The minimum absolute atomic E-state index is 0.135. The van der Waals surface area contributed by atoms with E-state index in [0.717, 1.165) is 5.69 Å². The molecule has 0 atom stereocenters. The average molecular weight is 304 g/mol. The molecule has 108 valence electrons. The summed E-state index contributed by atoms with van der Waals surface area (Å²) < 4.78 is 0. The Labute approximate surface area is 125 Å². The lowest BCUT2D eigenvalue weighted by molar-refractivity contribution is 0.481. The van der Waals surface area contributed by atoms with Crippen molar-refractivity contribution < 1.29 is 5.11 Å². The van der Waals surface area contributed by atoms with Gasteiger partial charge in [0.1, 0.15) is 11.4 Å². The van der Waals surface area contributed by atoms with Gasteiger partial charge in [-0.25, -0.2) is 4.98 Å². The van der Waals surface area contributed by atoms with Gasteiger partial charge in [-0.3, -0.25) is 4.79 Å². The number of rotatable bonds is 1. The number of aromatic hydroxyl groups is 1. The van der Waals surface area contributed by atoms with E-state index in [1.807, 2.05) is 21.0 Å². The number of phenolic OH excluding ortho intramolecular Hbond substituents is 1. The Morgan fingerprint density at radius 2 is 2.05 bits per heavy atom. The van der Waals surface area contributed by atoms with Crippen molar-refractivity contribution in [2.24, 2.45) is 0 Å². The fourth-order valence-electron chi connectivity index (χ4n) is 2.50. The van der Waals surface area contributed by atoms with Gasteiger partial charge in [0.05, 0.1) is 27.0 Å². The number of phenols is 1. The van der Waals surface area contributed by atoms with Gasteiger partial charge in [0.25, 0.3) is 0 Å². The lowest BCUT2D eigenvalue weighted by Crippen LogP contribution is -2.13. The zero-order valence-corrected chi connectivity index (χ0v) is 12.6. The number of aromatic amines is 1. The van der Waals surface area contributed by atoms with Gasteiger partial charge >= 0.3 is 0 Å². The fraction of sp³-hybridized carbons (Fsp3) is 0.200. The van der Waals surface area contributed by atoms with Crippen LogP contribution in [-0.2, 0) is 0 Å². The Balaban J connectivity index is 2.62. The number of fused-ring (bicyclic) bond motifs is 2. The van der Waals surface area contributed by atoms with Gasteiger partial charge < -0.3 is 15.0 Å². The summed E-state index contributed by atoms with van der Waals surface area (Å²) in [4.78, 5) is 21.9. The first-order valence-corrected chi connectivity index (χ1v) is 6.80. The van der Waals surface area contributed by atoms with Crippen molar-refractivity contribution in [3.05, 3.63) is 39.1 Å². The lowest BCUT2D eigenvalue weighted by Gasteiger charge is -2.18. The highest BCUT2D eigenvalue weighted by molar-refractivity contribution is 6.35. The highest BCUT2D eigenvalue weighted by Gasteiger charge is 2.17. The zero-order chi connectivity index (χ0) is 15.3. The van der Waals surface area contributed by atoms with Crippen LogP contribution < -0.4 is 10.3 Å². The summed E-state index contributed by atoms with van der Waals surface area (Å²) in [5.41, 5.74) is 2.16. The fourth-order valence-corrected chi connectivity index (χ4v) is 2.87. The van der Waals surface area contributed by atoms with Crippen LogP contribution in [0.4, 0.5) is 5.69 Å². The van der Waals surface area contributed by atoms with Gasteiger partial charge in [-0.2, -0.15) is 0 Å². The molecule has 21 heavy (non-hydrogen) atoms. The predicted octanol–water partition coefficient (Wildman–Crippen LogP) is 2.81. The van der Waals surface area contributed by atoms with E-state index >= 15 is 0 Å². The third-order valence-corrected chi connectivity index (χ3v) is 3.72. The second-order valence-electron chi connectivity index (χ2n) is 5.17. The quantitative estimate of drug-likeness (QED) is 0.678. The number of nitrogens with one attached hydrogen (secondary N) is 1. The monoisotopic (exact) mass is 303 g/mol. The molecular formula is C15H14ClN3O2. The molecule has 3 aromatic rings. The molecule has 0 saturated carbocycles. The van der Waals surface area contributed by atoms with Gasteiger partial charge in [-0.1, -0.05) is 11.6 Å². The minimum Gasteiger partial charge on any atom is -0.507 e. The summed E-state index contributed by atoms with van der Waals surface area (Å²) in [6.45, 7) is 1.85. The molecule has 2 aromatic heterocycles. The van der Waals surface area contributed by atoms with E-state index in [1.165, 1.54) is 6.07 Å². The van der Waals surface area contributed by atoms with Crippen LogP contribution in [0.25, 0.3) is 21.9 Å². The number of benzene rings is 1. The van der Waals surface area contributed by atoms with Crippen LogP contribution in [0, 0.1) is 6.92 Å². The third kappa shape index (κ3) is 2.01. The summed E-state index contributed by atoms with van der Waals surface area (Å²) in [5, 5.41) is 11.1. The van der Waals surface area contributed by atoms with Gasteiger partial charge in [0.15, 0.2) is 0 Å². The summed E-state index contributed by atoms with van der Waals surface area (Å²) in [6.07, 6.45) is 0. The number of anilines is 1. The number of hydrogen-bond donors (Lipinski definition) is 2. The molecule has 1 aromatic carbocycles. The Kier molecular flexibility index (Phi) is 3.02. The van der Waals surface area contributed by atoms with Crippen LogP contribution in [0.1, 0.15) is 5.69 Å². The molecule has 5 nitrogen and oxygen atoms in total. The van der Waals surface area contributed by atoms with Crippen LogP contribution in [0.2, 0.25) is 5.02 Å². The minimum atomic E-state index is -0.261. The number of pyridine rings is 2. The molecule has 0 saturated heterocycles. The Hall–Kier alpha value is -2.27. The number of hydrogen-bond acceptors (Lipinski definition) is 4. The number of nitrogens with zero attached hydrogens (tertiary/aromatic N) is 2. The SMILES string of the molecule is Cc1ccc2c(=O)c3c(O)cc(Cl)c(N(C)C)c3[nH]c2n1. The van der Waals surface area contributed by atoms with Crippen LogP contribution in [0.3, 0.4) is 0 Å². The van der Waals surface area contributed by atoms with Crippen LogP contribution in [0.15, 0.2) is 23.0 Å². The standard InChI is InChI=1S/C15H14ClN3O2/c1-7-4-5-8-14(21)11-10(20)6-9(16)13(19(2)3)12(11)18-15(8)17-7/h4-6,20H,1-3H3,(H,17,18,21). The maximum Gasteiger partial charge on any atom is 0.202 e. The molecule has 0 aliphatic heterocycles. The lowest BCUT2D eigenvalue weighted by atomic mass is 10.1. The summed E-state index contributed by atoms with van der Waals surface area (Å²) >= 11 is 6.19. The van der Waals surface area contributed by atoms with E-state index < -0.39 is 0 Å². The van der Waals surface area contributed by atoms with Crippen molar-refractivity contribution >= 4 is 39.2 Å². The third-order valence-electron chi connectivity index (χ3n) is 3.43. The van der Waals surface area contributed by atoms with Crippen LogP contribution in [-0.4, -0.2) is 29.2 Å². The molecule has 2 heterocycles. The topological polar surface area (TPSA) is 69.2 Å². The zero-order valence-electron chi connectivity index (χ0n) is 11.9. The van der Waals surface area contributed by atoms with Gasteiger partial charge in [-0.15, -0.1) is 0 Å². The molecule has 0 aliphatic rings.